The van der Waals surface area contributed by atoms with E-state index < -0.39 is 5.97 Å². The summed E-state index contributed by atoms with van der Waals surface area (Å²) in [5, 5.41) is 14.6. The van der Waals surface area contributed by atoms with Crippen molar-refractivity contribution in [3.8, 4) is 0 Å². The summed E-state index contributed by atoms with van der Waals surface area (Å²) in [6.07, 6.45) is 0.484. The summed E-state index contributed by atoms with van der Waals surface area (Å²) in [6.45, 7) is 2.17. The zero-order chi connectivity index (χ0) is 14.3. The van der Waals surface area contributed by atoms with Crippen LogP contribution in [0.15, 0.2) is 24.3 Å². The highest BCUT2D eigenvalue weighted by Crippen LogP contribution is 2.10. The van der Waals surface area contributed by atoms with Gasteiger partial charge >= 0.3 is 12.0 Å². The number of nitrogens with one attached hydrogen (secondary N) is 2. The van der Waals surface area contributed by atoms with Crippen LogP contribution in [0.1, 0.15) is 25.3 Å². The number of hydrogen-bond donors (Lipinski definition) is 3. The van der Waals surface area contributed by atoms with Crippen molar-refractivity contribution in [2.45, 2.75) is 32.4 Å². The fourth-order valence-electron chi connectivity index (χ4n) is 1.57. The van der Waals surface area contributed by atoms with E-state index in [9.17, 15) is 9.59 Å². The van der Waals surface area contributed by atoms with Crippen LogP contribution in [0, 0.1) is 0 Å². The monoisotopic (exact) mass is 284 g/mol. The quantitative estimate of drug-likeness (QED) is 0.750. The first kappa shape index (κ1) is 15.3. The summed E-state index contributed by atoms with van der Waals surface area (Å²) in [7, 11) is 0. The number of halogens is 1. The van der Waals surface area contributed by atoms with Crippen LogP contribution in [0.25, 0.3) is 0 Å². The molecule has 0 radical (unpaired) electrons. The van der Waals surface area contributed by atoms with Gasteiger partial charge in [0.2, 0.25) is 0 Å². The number of carbonyl (C=O) groups is 2. The number of carboxylic acids is 1. The molecule has 0 saturated heterocycles. The van der Waals surface area contributed by atoms with E-state index in [-0.39, 0.29) is 18.5 Å². The molecule has 1 atom stereocenters. The van der Waals surface area contributed by atoms with Gasteiger partial charge < -0.3 is 15.7 Å². The first-order valence-corrected chi connectivity index (χ1v) is 6.39. The molecular weight excluding hydrogens is 268 g/mol. The van der Waals surface area contributed by atoms with E-state index in [2.05, 4.69) is 10.6 Å². The fraction of sp³-hybridized carbons (Fsp3) is 0.385. The number of hydrogen-bond acceptors (Lipinski definition) is 2. The molecule has 0 spiro atoms. The molecule has 1 unspecified atom stereocenters. The molecule has 104 valence electrons. The van der Waals surface area contributed by atoms with E-state index >= 15 is 0 Å². The highest BCUT2D eigenvalue weighted by Gasteiger charge is 2.13. The van der Waals surface area contributed by atoms with Gasteiger partial charge in [-0.15, -0.1) is 0 Å². The summed E-state index contributed by atoms with van der Waals surface area (Å²) in [6, 6.07) is 6.42. The Bertz CT molecular complexity index is 451. The van der Waals surface area contributed by atoms with Gasteiger partial charge in [0.25, 0.3) is 0 Å². The number of amides is 2. The van der Waals surface area contributed by atoms with Gasteiger partial charge in [-0.05, 0) is 24.1 Å². The minimum Gasteiger partial charge on any atom is -0.481 e. The molecule has 1 aromatic rings. The Kier molecular flexibility index (Phi) is 6.15. The van der Waals surface area contributed by atoms with Crippen LogP contribution in [-0.4, -0.2) is 23.1 Å². The molecule has 0 heterocycles. The third-order valence-corrected chi connectivity index (χ3v) is 2.83. The summed E-state index contributed by atoms with van der Waals surface area (Å²) < 4.78 is 0. The summed E-state index contributed by atoms with van der Waals surface area (Å²) in [5.41, 5.74) is 0.883. The van der Waals surface area contributed by atoms with Crippen LogP contribution >= 0.6 is 11.6 Å². The molecule has 0 fully saturated rings. The van der Waals surface area contributed by atoms with E-state index in [1.165, 1.54) is 0 Å². The second kappa shape index (κ2) is 7.63. The number of urea groups is 1. The van der Waals surface area contributed by atoms with Gasteiger partial charge in [0, 0.05) is 17.6 Å². The van der Waals surface area contributed by atoms with Crippen LogP contribution in [0.5, 0.6) is 0 Å². The average Bonchev–Trinajstić information content (AvgIpc) is 2.35. The van der Waals surface area contributed by atoms with Gasteiger partial charge in [0.05, 0.1) is 6.42 Å². The molecule has 19 heavy (non-hydrogen) atoms. The smallest absolute Gasteiger partial charge is 0.315 e. The molecule has 5 nitrogen and oxygen atoms in total. The van der Waals surface area contributed by atoms with E-state index in [0.717, 1.165) is 5.56 Å². The van der Waals surface area contributed by atoms with Crippen molar-refractivity contribution in [2.75, 3.05) is 0 Å². The zero-order valence-electron chi connectivity index (χ0n) is 10.6. The lowest BCUT2D eigenvalue weighted by Gasteiger charge is -2.15. The van der Waals surface area contributed by atoms with E-state index in [0.29, 0.717) is 18.0 Å². The van der Waals surface area contributed by atoms with Crippen molar-refractivity contribution in [1.82, 2.24) is 10.6 Å². The highest BCUT2D eigenvalue weighted by molar-refractivity contribution is 6.30. The van der Waals surface area contributed by atoms with E-state index in [1.54, 1.807) is 18.2 Å². The summed E-state index contributed by atoms with van der Waals surface area (Å²) in [5.74, 6) is -0.929. The van der Waals surface area contributed by atoms with Gasteiger partial charge in [0.1, 0.15) is 0 Å². The number of carbonyl (C=O) groups excluding carboxylic acids is 1. The van der Waals surface area contributed by atoms with Gasteiger partial charge in [-0.2, -0.15) is 0 Å². The van der Waals surface area contributed by atoms with Crippen molar-refractivity contribution in [1.29, 1.82) is 0 Å². The topological polar surface area (TPSA) is 78.4 Å². The molecule has 1 rings (SSSR count). The first-order valence-electron chi connectivity index (χ1n) is 6.02. The van der Waals surface area contributed by atoms with Crippen LogP contribution in [0.4, 0.5) is 4.79 Å². The largest absolute Gasteiger partial charge is 0.481 e. The Balaban J connectivity index is 2.40. The lowest BCUT2D eigenvalue weighted by molar-refractivity contribution is -0.137. The minimum absolute atomic E-state index is 0.0823. The van der Waals surface area contributed by atoms with Crippen molar-refractivity contribution in [3.05, 3.63) is 34.9 Å². The lowest BCUT2D eigenvalue weighted by Crippen LogP contribution is -2.42. The van der Waals surface area contributed by atoms with Crippen LogP contribution < -0.4 is 10.6 Å². The van der Waals surface area contributed by atoms with Crippen LogP contribution in [0.3, 0.4) is 0 Å². The highest BCUT2D eigenvalue weighted by atomic mass is 35.5. The predicted octanol–water partition coefficient (Wildman–Crippen LogP) is 2.39. The van der Waals surface area contributed by atoms with Gasteiger partial charge in [-0.3, -0.25) is 4.79 Å². The molecule has 0 aliphatic rings. The molecule has 2 amide bonds. The fourth-order valence-corrected chi connectivity index (χ4v) is 1.79. The van der Waals surface area contributed by atoms with Crippen molar-refractivity contribution in [3.63, 3.8) is 0 Å². The molecule has 0 aliphatic carbocycles. The number of rotatable bonds is 6. The maximum absolute atomic E-state index is 11.6. The second-order valence-electron chi connectivity index (χ2n) is 4.16. The maximum atomic E-state index is 11.6. The SMILES string of the molecule is CCC(CC(=O)O)NC(=O)NCc1cccc(Cl)c1. The number of benzene rings is 1. The summed E-state index contributed by atoms with van der Waals surface area (Å²) in [4.78, 5) is 22.2. The Morgan fingerprint density at radius 3 is 2.74 bits per heavy atom. The molecule has 0 bridgehead atoms. The molecule has 1 aromatic carbocycles. The van der Waals surface area contributed by atoms with Crippen molar-refractivity contribution < 1.29 is 14.7 Å². The van der Waals surface area contributed by atoms with Crippen LogP contribution in [0.2, 0.25) is 5.02 Å². The lowest BCUT2D eigenvalue weighted by atomic mass is 10.1. The molecule has 6 heteroatoms. The van der Waals surface area contributed by atoms with Gasteiger partial charge in [0.15, 0.2) is 0 Å². The standard InChI is InChI=1S/C13H17ClN2O3/c1-2-11(7-12(17)18)16-13(19)15-8-9-4-3-5-10(14)6-9/h3-6,11H,2,7-8H2,1H3,(H,17,18)(H2,15,16,19). The van der Waals surface area contributed by atoms with Gasteiger partial charge in [-0.25, -0.2) is 4.79 Å². The minimum atomic E-state index is -0.929. The Labute approximate surface area is 117 Å². The number of aliphatic carboxylic acids is 1. The van der Waals surface area contributed by atoms with Gasteiger partial charge in [-0.1, -0.05) is 30.7 Å². The number of carboxylic acid groups (broad SMARTS) is 1. The zero-order valence-corrected chi connectivity index (χ0v) is 11.4. The second-order valence-corrected chi connectivity index (χ2v) is 4.60. The molecule has 0 aromatic heterocycles. The Hall–Kier alpha value is -1.75. The Morgan fingerprint density at radius 2 is 2.16 bits per heavy atom. The summed E-state index contributed by atoms with van der Waals surface area (Å²) >= 11 is 5.83. The van der Waals surface area contributed by atoms with Crippen molar-refractivity contribution in [2.24, 2.45) is 0 Å². The Morgan fingerprint density at radius 1 is 1.42 bits per heavy atom. The van der Waals surface area contributed by atoms with E-state index in [4.69, 9.17) is 16.7 Å². The third-order valence-electron chi connectivity index (χ3n) is 2.59. The molecular formula is C13H17ClN2O3. The average molecular weight is 285 g/mol. The molecule has 0 saturated carbocycles. The van der Waals surface area contributed by atoms with E-state index in [1.807, 2.05) is 13.0 Å². The maximum Gasteiger partial charge on any atom is 0.315 e. The normalized spacial score (nSPS) is 11.7. The van der Waals surface area contributed by atoms with Crippen molar-refractivity contribution >= 4 is 23.6 Å². The molecule has 0 aliphatic heterocycles. The third kappa shape index (κ3) is 6.10. The first-order chi connectivity index (χ1) is 9.01. The molecule has 3 N–H and O–H groups in total. The predicted molar refractivity (Wildman–Crippen MR) is 73.2 cm³/mol. The van der Waals surface area contributed by atoms with Crippen LogP contribution in [-0.2, 0) is 11.3 Å².